The Bertz CT molecular complexity index is 926. The van der Waals surface area contributed by atoms with Crippen molar-refractivity contribution in [2.75, 3.05) is 13.1 Å². The van der Waals surface area contributed by atoms with Gasteiger partial charge in [-0.05, 0) is 38.0 Å². The van der Waals surface area contributed by atoms with Gasteiger partial charge in [-0.25, -0.2) is 13.2 Å². The van der Waals surface area contributed by atoms with E-state index in [1.165, 1.54) is 10.4 Å². The number of nitrogens with zero attached hydrogens (tertiary/aromatic N) is 1. The van der Waals surface area contributed by atoms with Crippen LogP contribution in [0.2, 0.25) is 0 Å². The van der Waals surface area contributed by atoms with Crippen molar-refractivity contribution in [1.82, 2.24) is 4.31 Å². The number of sulfonamides is 1. The van der Waals surface area contributed by atoms with Gasteiger partial charge in [0.15, 0.2) is 0 Å². The second-order valence-corrected chi connectivity index (χ2v) is 7.96. The summed E-state index contributed by atoms with van der Waals surface area (Å²) >= 11 is 0. The summed E-state index contributed by atoms with van der Waals surface area (Å²) < 4.78 is 37.3. The van der Waals surface area contributed by atoms with Gasteiger partial charge in [0.05, 0.1) is 24.1 Å². The first-order valence-electron chi connectivity index (χ1n) is 7.61. The van der Waals surface area contributed by atoms with Crippen LogP contribution in [0.4, 0.5) is 0 Å². The van der Waals surface area contributed by atoms with Crippen LogP contribution in [0.15, 0.2) is 44.4 Å². The summed E-state index contributed by atoms with van der Waals surface area (Å²) in [5.74, 6) is 0.856. The highest BCUT2D eigenvalue weighted by Crippen LogP contribution is 2.27. The fraction of sp³-hybridized carbons (Fsp3) is 0.353. The van der Waals surface area contributed by atoms with Crippen LogP contribution in [-0.2, 0) is 10.0 Å². The Hall–Kier alpha value is -2.12. The molecule has 0 spiro atoms. The average molecular weight is 349 g/mol. The van der Waals surface area contributed by atoms with Gasteiger partial charge in [0, 0.05) is 6.07 Å². The maximum absolute atomic E-state index is 12.7. The molecule has 1 aromatic heterocycles. The summed E-state index contributed by atoms with van der Waals surface area (Å²) in [6.07, 6.45) is -0.272. The van der Waals surface area contributed by atoms with Gasteiger partial charge in [-0.15, -0.1) is 0 Å². The fourth-order valence-electron chi connectivity index (χ4n) is 2.63. The van der Waals surface area contributed by atoms with Gasteiger partial charge in [-0.1, -0.05) is 12.1 Å². The van der Waals surface area contributed by atoms with E-state index in [4.69, 9.17) is 9.15 Å². The number of aryl methyl sites for hydroxylation is 3. The molecule has 0 atom stereocenters. The maximum Gasteiger partial charge on any atom is 0.339 e. The summed E-state index contributed by atoms with van der Waals surface area (Å²) in [4.78, 5) is 11.7. The summed E-state index contributed by atoms with van der Waals surface area (Å²) in [5, 5.41) is 0. The number of ether oxygens (including phenoxy) is 1. The Balaban J connectivity index is 1.71. The van der Waals surface area contributed by atoms with E-state index in [0.717, 1.165) is 11.1 Å². The van der Waals surface area contributed by atoms with E-state index < -0.39 is 15.6 Å². The molecule has 0 amide bonds. The number of benzene rings is 1. The largest absolute Gasteiger partial charge is 0.487 e. The van der Waals surface area contributed by atoms with Crippen molar-refractivity contribution in [2.45, 2.75) is 31.8 Å². The van der Waals surface area contributed by atoms with Crippen LogP contribution in [0.1, 0.15) is 16.9 Å². The van der Waals surface area contributed by atoms with E-state index in [0.29, 0.717) is 16.4 Å². The lowest BCUT2D eigenvalue weighted by atomic mass is 10.2. The van der Waals surface area contributed by atoms with E-state index >= 15 is 0 Å². The van der Waals surface area contributed by atoms with E-state index in [-0.39, 0.29) is 19.2 Å². The third-order valence-corrected chi connectivity index (χ3v) is 5.92. The van der Waals surface area contributed by atoms with Crippen molar-refractivity contribution >= 4 is 10.0 Å². The van der Waals surface area contributed by atoms with E-state index in [9.17, 15) is 13.2 Å². The lowest BCUT2D eigenvalue weighted by Gasteiger charge is -2.38. The molecule has 24 heavy (non-hydrogen) atoms. The van der Waals surface area contributed by atoms with Crippen molar-refractivity contribution in [3.8, 4) is 5.75 Å². The molecule has 1 aromatic carbocycles. The smallest absolute Gasteiger partial charge is 0.339 e. The number of rotatable bonds is 4. The highest BCUT2D eigenvalue weighted by Gasteiger charge is 2.38. The summed E-state index contributed by atoms with van der Waals surface area (Å²) in [6, 6.07) is 8.25. The normalized spacial score (nSPS) is 16.0. The molecule has 0 N–H and O–H groups in total. The summed E-state index contributed by atoms with van der Waals surface area (Å²) in [7, 11) is -3.52. The zero-order valence-electron chi connectivity index (χ0n) is 13.8. The van der Waals surface area contributed by atoms with Gasteiger partial charge < -0.3 is 9.15 Å². The van der Waals surface area contributed by atoms with E-state index in [1.54, 1.807) is 26.0 Å². The molecule has 1 fully saturated rings. The van der Waals surface area contributed by atoms with Crippen LogP contribution < -0.4 is 10.4 Å². The lowest BCUT2D eigenvalue weighted by molar-refractivity contribution is 0.0754. The zero-order chi connectivity index (χ0) is 17.5. The quantitative estimate of drug-likeness (QED) is 0.844. The minimum atomic E-state index is -3.52. The first-order chi connectivity index (χ1) is 11.3. The van der Waals surface area contributed by atoms with Crippen LogP contribution in [0.25, 0.3) is 0 Å². The lowest BCUT2D eigenvalue weighted by Crippen LogP contribution is -2.56. The number of hydrogen-bond donors (Lipinski definition) is 0. The minimum Gasteiger partial charge on any atom is -0.487 e. The first-order valence-corrected chi connectivity index (χ1v) is 9.05. The zero-order valence-corrected chi connectivity index (χ0v) is 14.6. The standard InChI is InChI=1S/C17H19NO5S/c1-11-4-5-12(2)16(6-11)24(20,21)18-9-15(10-18)23-14-7-13(3)22-17(19)8-14/h4-8,15H,9-10H2,1-3H3. The van der Waals surface area contributed by atoms with Gasteiger partial charge in [-0.2, -0.15) is 4.31 Å². The van der Waals surface area contributed by atoms with Crippen molar-refractivity contribution in [3.63, 3.8) is 0 Å². The first kappa shape index (κ1) is 16.7. The SMILES string of the molecule is Cc1ccc(C)c(S(=O)(=O)N2CC(Oc3cc(C)oc(=O)c3)C2)c1. The summed E-state index contributed by atoms with van der Waals surface area (Å²) in [6.45, 7) is 5.83. The van der Waals surface area contributed by atoms with E-state index in [2.05, 4.69) is 0 Å². The van der Waals surface area contributed by atoms with E-state index in [1.807, 2.05) is 19.1 Å². The molecule has 2 heterocycles. The molecule has 128 valence electrons. The predicted molar refractivity (Wildman–Crippen MR) is 88.8 cm³/mol. The van der Waals surface area contributed by atoms with Gasteiger partial charge in [0.2, 0.25) is 10.0 Å². The predicted octanol–water partition coefficient (Wildman–Crippen LogP) is 2.02. The Morgan fingerprint density at radius 2 is 1.83 bits per heavy atom. The molecular weight excluding hydrogens is 330 g/mol. The van der Waals surface area contributed by atoms with Gasteiger partial charge in [0.1, 0.15) is 17.6 Å². The van der Waals surface area contributed by atoms with Gasteiger partial charge in [0.25, 0.3) is 0 Å². The second-order valence-electron chi connectivity index (χ2n) is 6.05. The number of hydrogen-bond acceptors (Lipinski definition) is 5. The van der Waals surface area contributed by atoms with Gasteiger partial charge >= 0.3 is 5.63 Å². The Kier molecular flexibility index (Phi) is 4.23. The highest BCUT2D eigenvalue weighted by atomic mass is 32.2. The Morgan fingerprint density at radius 1 is 1.12 bits per heavy atom. The Morgan fingerprint density at radius 3 is 2.50 bits per heavy atom. The van der Waals surface area contributed by atoms with Crippen molar-refractivity contribution in [1.29, 1.82) is 0 Å². The van der Waals surface area contributed by atoms with Crippen LogP contribution in [0.3, 0.4) is 0 Å². The molecule has 1 aliphatic rings. The van der Waals surface area contributed by atoms with Crippen LogP contribution in [0.5, 0.6) is 5.75 Å². The third kappa shape index (κ3) is 3.22. The molecule has 2 aromatic rings. The molecule has 0 unspecified atom stereocenters. The average Bonchev–Trinajstić information content (AvgIpc) is 2.43. The molecule has 6 nitrogen and oxygen atoms in total. The molecule has 0 bridgehead atoms. The molecule has 0 aliphatic carbocycles. The van der Waals surface area contributed by atoms with Crippen LogP contribution >= 0.6 is 0 Å². The van der Waals surface area contributed by atoms with Gasteiger partial charge in [-0.3, -0.25) is 0 Å². The molecule has 1 aliphatic heterocycles. The van der Waals surface area contributed by atoms with Crippen LogP contribution in [0, 0.1) is 20.8 Å². The minimum absolute atomic E-state index is 0.259. The third-order valence-electron chi connectivity index (χ3n) is 3.95. The van der Waals surface area contributed by atoms with Crippen molar-refractivity contribution in [3.05, 3.63) is 57.6 Å². The molecule has 0 radical (unpaired) electrons. The summed E-state index contributed by atoms with van der Waals surface area (Å²) in [5.41, 5.74) is 1.14. The monoisotopic (exact) mass is 349 g/mol. The molecule has 7 heteroatoms. The molecule has 3 rings (SSSR count). The molecule has 1 saturated heterocycles. The molecule has 0 saturated carbocycles. The molecular formula is C17H19NO5S. The topological polar surface area (TPSA) is 76.8 Å². The second kappa shape index (κ2) is 6.07. The highest BCUT2D eigenvalue weighted by molar-refractivity contribution is 7.89. The fourth-order valence-corrected chi connectivity index (χ4v) is 4.45. The van der Waals surface area contributed by atoms with Crippen LogP contribution in [-0.4, -0.2) is 31.9 Å². The maximum atomic E-state index is 12.7. The van der Waals surface area contributed by atoms with Crippen molar-refractivity contribution in [2.24, 2.45) is 0 Å². The van der Waals surface area contributed by atoms with Crippen molar-refractivity contribution < 1.29 is 17.6 Å². The Labute approximate surface area is 140 Å².